The van der Waals surface area contributed by atoms with Gasteiger partial charge in [-0.2, -0.15) is 5.10 Å². The normalized spacial score (nSPS) is 20.6. The molecule has 1 spiro atoms. The van der Waals surface area contributed by atoms with E-state index in [0.717, 1.165) is 18.4 Å². The van der Waals surface area contributed by atoms with Crippen molar-refractivity contribution >= 4 is 11.8 Å². The predicted octanol–water partition coefficient (Wildman–Crippen LogP) is 2.84. The van der Waals surface area contributed by atoms with Gasteiger partial charge in [-0.15, -0.1) is 0 Å². The first kappa shape index (κ1) is 13.2. The second-order valence-electron chi connectivity index (χ2n) is 5.94. The second kappa shape index (κ2) is 4.96. The Morgan fingerprint density at radius 1 is 1.35 bits per heavy atom. The molecule has 0 unspecified atom stereocenters. The number of nitrogens with zero attached hydrogens (tertiary/aromatic N) is 3. The SMILES string of the molecule is Cc1cn(C)nc1NC(=O)N1CC=CC12CCCCC2. The Bertz CT molecular complexity index is 540. The van der Waals surface area contributed by atoms with Crippen LogP contribution in [0.15, 0.2) is 18.3 Å². The summed E-state index contributed by atoms with van der Waals surface area (Å²) in [6.45, 7) is 2.67. The van der Waals surface area contributed by atoms with E-state index in [1.54, 1.807) is 4.68 Å². The summed E-state index contributed by atoms with van der Waals surface area (Å²) < 4.78 is 1.73. The highest BCUT2D eigenvalue weighted by atomic mass is 16.2. The van der Waals surface area contributed by atoms with Crippen LogP contribution in [0, 0.1) is 6.92 Å². The molecular weight excluding hydrogens is 252 g/mol. The Morgan fingerprint density at radius 3 is 2.75 bits per heavy atom. The van der Waals surface area contributed by atoms with E-state index < -0.39 is 0 Å². The molecule has 1 aliphatic heterocycles. The molecular formula is C15H22N4O. The minimum atomic E-state index is -0.0506. The molecule has 1 saturated carbocycles. The Balaban J connectivity index is 1.75. The number of carbonyl (C=O) groups is 1. The fourth-order valence-corrected chi connectivity index (χ4v) is 3.43. The van der Waals surface area contributed by atoms with E-state index in [2.05, 4.69) is 22.6 Å². The molecule has 1 aromatic heterocycles. The predicted molar refractivity (Wildman–Crippen MR) is 78.6 cm³/mol. The van der Waals surface area contributed by atoms with Crippen molar-refractivity contribution in [2.24, 2.45) is 7.05 Å². The summed E-state index contributed by atoms with van der Waals surface area (Å²) >= 11 is 0. The lowest BCUT2D eigenvalue weighted by Gasteiger charge is -2.40. The minimum Gasteiger partial charge on any atom is -0.312 e. The molecule has 1 aliphatic carbocycles. The number of anilines is 1. The molecule has 0 aromatic carbocycles. The zero-order valence-electron chi connectivity index (χ0n) is 12.2. The lowest BCUT2D eigenvalue weighted by Crippen LogP contribution is -2.50. The summed E-state index contributed by atoms with van der Waals surface area (Å²) in [5.74, 6) is 0.662. The van der Waals surface area contributed by atoms with E-state index in [1.807, 2.05) is 25.1 Å². The van der Waals surface area contributed by atoms with E-state index >= 15 is 0 Å². The molecule has 5 nitrogen and oxygen atoms in total. The van der Waals surface area contributed by atoms with Crippen LogP contribution in [-0.2, 0) is 7.05 Å². The van der Waals surface area contributed by atoms with Gasteiger partial charge in [0.1, 0.15) is 0 Å². The van der Waals surface area contributed by atoms with Gasteiger partial charge in [-0.05, 0) is 19.8 Å². The van der Waals surface area contributed by atoms with Gasteiger partial charge < -0.3 is 4.90 Å². The van der Waals surface area contributed by atoms with Crippen LogP contribution < -0.4 is 5.32 Å². The van der Waals surface area contributed by atoms with Crippen molar-refractivity contribution in [3.8, 4) is 0 Å². The summed E-state index contributed by atoms with van der Waals surface area (Å²) in [4.78, 5) is 14.5. The van der Waals surface area contributed by atoms with Crippen molar-refractivity contribution < 1.29 is 4.79 Å². The van der Waals surface area contributed by atoms with Crippen LogP contribution in [0.25, 0.3) is 0 Å². The third-order valence-corrected chi connectivity index (χ3v) is 4.46. The number of aromatic nitrogens is 2. The van der Waals surface area contributed by atoms with Crippen LogP contribution in [0.3, 0.4) is 0 Å². The zero-order valence-corrected chi connectivity index (χ0v) is 12.2. The molecule has 0 bridgehead atoms. The maximum atomic E-state index is 12.6. The summed E-state index contributed by atoms with van der Waals surface area (Å²) in [7, 11) is 1.86. The highest BCUT2D eigenvalue weighted by Gasteiger charge is 2.41. The number of hydrogen-bond donors (Lipinski definition) is 1. The number of aryl methyl sites for hydroxylation is 2. The average molecular weight is 274 g/mol. The number of urea groups is 1. The number of carbonyl (C=O) groups excluding carboxylic acids is 1. The molecule has 1 N–H and O–H groups in total. The highest BCUT2D eigenvalue weighted by molar-refractivity contribution is 5.90. The Labute approximate surface area is 119 Å². The Hall–Kier alpha value is -1.78. The molecule has 108 valence electrons. The van der Waals surface area contributed by atoms with Gasteiger partial charge in [-0.1, -0.05) is 31.4 Å². The molecule has 0 radical (unpaired) electrons. The van der Waals surface area contributed by atoms with Gasteiger partial charge in [-0.25, -0.2) is 4.79 Å². The van der Waals surface area contributed by atoms with Crippen molar-refractivity contribution in [1.29, 1.82) is 0 Å². The Morgan fingerprint density at radius 2 is 2.10 bits per heavy atom. The van der Waals surface area contributed by atoms with Gasteiger partial charge in [0, 0.05) is 25.4 Å². The van der Waals surface area contributed by atoms with E-state index in [4.69, 9.17) is 0 Å². The van der Waals surface area contributed by atoms with E-state index in [9.17, 15) is 4.79 Å². The van der Waals surface area contributed by atoms with Crippen molar-refractivity contribution in [1.82, 2.24) is 14.7 Å². The number of rotatable bonds is 1. The Kier molecular flexibility index (Phi) is 3.28. The molecule has 5 heteroatoms. The van der Waals surface area contributed by atoms with Gasteiger partial charge in [-0.3, -0.25) is 10.00 Å². The smallest absolute Gasteiger partial charge is 0.312 e. The van der Waals surface area contributed by atoms with E-state index in [1.165, 1.54) is 19.3 Å². The molecule has 20 heavy (non-hydrogen) atoms. The second-order valence-corrected chi connectivity index (χ2v) is 5.94. The quantitative estimate of drug-likeness (QED) is 0.801. The third-order valence-electron chi connectivity index (χ3n) is 4.46. The van der Waals surface area contributed by atoms with Crippen LogP contribution in [0.4, 0.5) is 10.6 Å². The molecule has 2 heterocycles. The maximum absolute atomic E-state index is 12.6. The number of nitrogens with one attached hydrogen (secondary N) is 1. The first-order valence-corrected chi connectivity index (χ1v) is 7.37. The molecule has 1 fully saturated rings. The van der Waals surface area contributed by atoms with Gasteiger partial charge >= 0.3 is 6.03 Å². The largest absolute Gasteiger partial charge is 0.324 e. The molecule has 0 saturated heterocycles. The maximum Gasteiger partial charge on any atom is 0.324 e. The van der Waals surface area contributed by atoms with Gasteiger partial charge in [0.2, 0.25) is 0 Å². The number of hydrogen-bond acceptors (Lipinski definition) is 2. The van der Waals surface area contributed by atoms with Crippen molar-refractivity contribution in [3.05, 3.63) is 23.9 Å². The first-order valence-electron chi connectivity index (χ1n) is 7.37. The summed E-state index contributed by atoms with van der Waals surface area (Å²) in [6, 6.07) is -0.0290. The summed E-state index contributed by atoms with van der Waals surface area (Å²) in [5.41, 5.74) is 0.941. The molecule has 2 aliphatic rings. The van der Waals surface area contributed by atoms with E-state index in [0.29, 0.717) is 12.4 Å². The van der Waals surface area contributed by atoms with Gasteiger partial charge in [0.25, 0.3) is 0 Å². The monoisotopic (exact) mass is 274 g/mol. The van der Waals surface area contributed by atoms with Crippen molar-refractivity contribution in [2.75, 3.05) is 11.9 Å². The van der Waals surface area contributed by atoms with Crippen LogP contribution >= 0.6 is 0 Å². The van der Waals surface area contributed by atoms with Crippen molar-refractivity contribution in [3.63, 3.8) is 0 Å². The number of amides is 2. The fraction of sp³-hybridized carbons (Fsp3) is 0.600. The summed E-state index contributed by atoms with van der Waals surface area (Å²) in [6.07, 6.45) is 12.1. The van der Waals surface area contributed by atoms with Gasteiger partial charge in [0.15, 0.2) is 5.82 Å². The minimum absolute atomic E-state index is 0.0290. The average Bonchev–Trinajstić information content (AvgIpc) is 2.95. The van der Waals surface area contributed by atoms with E-state index in [-0.39, 0.29) is 11.6 Å². The standard InChI is InChI=1S/C15H22N4O/c1-12-11-18(2)17-13(12)16-14(20)19-10-6-9-15(19)7-4-3-5-8-15/h6,9,11H,3-5,7-8,10H2,1-2H3,(H,16,17,20). The van der Waals surface area contributed by atoms with Crippen LogP contribution in [0.1, 0.15) is 37.7 Å². The van der Waals surface area contributed by atoms with Crippen molar-refractivity contribution in [2.45, 2.75) is 44.6 Å². The van der Waals surface area contributed by atoms with Crippen LogP contribution in [0.2, 0.25) is 0 Å². The highest BCUT2D eigenvalue weighted by Crippen LogP contribution is 2.38. The molecule has 3 rings (SSSR count). The third kappa shape index (κ3) is 2.21. The van der Waals surface area contributed by atoms with Gasteiger partial charge in [0.05, 0.1) is 5.54 Å². The molecule has 1 aromatic rings. The molecule has 2 amide bonds. The fourth-order valence-electron chi connectivity index (χ4n) is 3.43. The lowest BCUT2D eigenvalue weighted by molar-refractivity contribution is 0.142. The van der Waals surface area contributed by atoms with Crippen LogP contribution in [0.5, 0.6) is 0 Å². The zero-order chi connectivity index (χ0) is 14.2. The molecule has 0 atom stereocenters. The summed E-state index contributed by atoms with van der Waals surface area (Å²) in [5, 5.41) is 7.25. The topological polar surface area (TPSA) is 50.2 Å². The van der Waals surface area contributed by atoms with Crippen LogP contribution in [-0.4, -0.2) is 32.8 Å². The first-order chi connectivity index (χ1) is 9.61. The lowest BCUT2D eigenvalue weighted by atomic mass is 9.81.